The van der Waals surface area contributed by atoms with Crippen LogP contribution in [-0.2, 0) is 9.59 Å². The Morgan fingerprint density at radius 1 is 1.27 bits per heavy atom. The number of carbonyl (C=O) groups is 2. The van der Waals surface area contributed by atoms with Gasteiger partial charge in [-0.25, -0.2) is 0 Å². The quantitative estimate of drug-likeness (QED) is 0.575. The summed E-state index contributed by atoms with van der Waals surface area (Å²) >= 11 is 0. The first-order chi connectivity index (χ1) is 12.4. The van der Waals surface area contributed by atoms with Crippen molar-refractivity contribution >= 4 is 17.8 Å². The fraction of sp³-hybridized carbons (Fsp3) is 0.842. The molecule has 3 aliphatic rings. The fourth-order valence-electron chi connectivity index (χ4n) is 5.00. The standard InChI is InChI=1S/C19H33N5O2/c1-20-17(22-13-19(8-4-5-9-19)16(26)23(2)3)24-10-6-7-18(14-24)11-15(25)21-12-18/h4-14H2,1-3H3,(H,20,22)(H,21,25). The molecule has 26 heavy (non-hydrogen) atoms. The second-order valence-corrected chi connectivity index (χ2v) is 8.57. The SMILES string of the molecule is CN=C(NCC1(C(=O)N(C)C)CCCC1)N1CCCC2(CNC(=O)C2)C1. The van der Waals surface area contributed by atoms with Gasteiger partial charge in [0.05, 0.1) is 5.41 Å². The normalized spacial score (nSPS) is 28.3. The van der Waals surface area contributed by atoms with Crippen molar-refractivity contribution in [3.05, 3.63) is 0 Å². The van der Waals surface area contributed by atoms with Gasteiger partial charge in [0.2, 0.25) is 11.8 Å². The Morgan fingerprint density at radius 2 is 2.00 bits per heavy atom. The van der Waals surface area contributed by atoms with Gasteiger partial charge in [0.15, 0.2) is 5.96 Å². The lowest BCUT2D eigenvalue weighted by molar-refractivity contribution is -0.138. The molecule has 2 saturated heterocycles. The van der Waals surface area contributed by atoms with E-state index in [1.807, 2.05) is 14.1 Å². The van der Waals surface area contributed by atoms with Crippen LogP contribution in [0.5, 0.6) is 0 Å². The Bertz CT molecular complexity index is 582. The topological polar surface area (TPSA) is 77.0 Å². The van der Waals surface area contributed by atoms with Gasteiger partial charge in [-0.3, -0.25) is 14.6 Å². The number of piperidine rings is 1. The first-order valence-electron chi connectivity index (χ1n) is 9.84. The minimum atomic E-state index is -0.308. The van der Waals surface area contributed by atoms with E-state index in [9.17, 15) is 9.59 Å². The highest BCUT2D eigenvalue weighted by atomic mass is 16.2. The molecule has 1 aliphatic carbocycles. The predicted octanol–water partition coefficient (Wildman–Crippen LogP) is 0.813. The molecule has 2 amide bonds. The molecule has 3 fully saturated rings. The number of amides is 2. The van der Waals surface area contributed by atoms with Crippen LogP contribution in [-0.4, -0.2) is 74.9 Å². The van der Waals surface area contributed by atoms with Gasteiger partial charge in [-0.1, -0.05) is 12.8 Å². The molecule has 0 aromatic rings. The molecule has 3 rings (SSSR count). The highest BCUT2D eigenvalue weighted by molar-refractivity contribution is 5.85. The minimum absolute atomic E-state index is 0.0391. The van der Waals surface area contributed by atoms with Crippen molar-refractivity contribution < 1.29 is 9.59 Å². The summed E-state index contributed by atoms with van der Waals surface area (Å²) < 4.78 is 0. The summed E-state index contributed by atoms with van der Waals surface area (Å²) in [5.74, 6) is 1.25. The zero-order valence-corrected chi connectivity index (χ0v) is 16.4. The van der Waals surface area contributed by atoms with Crippen LogP contribution < -0.4 is 10.6 Å². The molecule has 1 saturated carbocycles. The zero-order chi connectivity index (χ0) is 18.8. The van der Waals surface area contributed by atoms with Crippen LogP contribution >= 0.6 is 0 Å². The average molecular weight is 364 g/mol. The number of likely N-dealkylation sites (tertiary alicyclic amines) is 1. The van der Waals surface area contributed by atoms with Gasteiger partial charge >= 0.3 is 0 Å². The molecule has 7 heteroatoms. The predicted molar refractivity (Wildman–Crippen MR) is 102 cm³/mol. The summed E-state index contributed by atoms with van der Waals surface area (Å²) in [7, 11) is 5.49. The number of hydrogen-bond acceptors (Lipinski definition) is 3. The molecular formula is C19H33N5O2. The van der Waals surface area contributed by atoms with E-state index >= 15 is 0 Å². The van der Waals surface area contributed by atoms with Gasteiger partial charge in [0, 0.05) is 59.2 Å². The summed E-state index contributed by atoms with van der Waals surface area (Å²) in [6.45, 7) is 3.20. The van der Waals surface area contributed by atoms with E-state index < -0.39 is 0 Å². The number of hydrogen-bond donors (Lipinski definition) is 2. The Kier molecular flexibility index (Phi) is 5.44. The number of aliphatic imine (C=N–C) groups is 1. The molecule has 7 nitrogen and oxygen atoms in total. The summed E-state index contributed by atoms with van der Waals surface area (Å²) in [6, 6.07) is 0. The molecule has 2 N–H and O–H groups in total. The maximum absolute atomic E-state index is 12.8. The number of nitrogens with one attached hydrogen (secondary N) is 2. The van der Waals surface area contributed by atoms with Crippen molar-refractivity contribution in [2.75, 3.05) is 47.3 Å². The first-order valence-corrected chi connectivity index (χ1v) is 9.84. The minimum Gasteiger partial charge on any atom is -0.355 e. The van der Waals surface area contributed by atoms with Crippen LogP contribution in [0.1, 0.15) is 44.9 Å². The Balaban J connectivity index is 1.66. The summed E-state index contributed by atoms with van der Waals surface area (Å²) in [4.78, 5) is 33.0. The average Bonchev–Trinajstić information content (AvgIpc) is 3.23. The van der Waals surface area contributed by atoms with Crippen molar-refractivity contribution in [1.29, 1.82) is 0 Å². The number of guanidine groups is 1. The summed E-state index contributed by atoms with van der Waals surface area (Å²) in [5.41, 5.74) is -0.269. The lowest BCUT2D eigenvalue weighted by atomic mass is 9.79. The van der Waals surface area contributed by atoms with Crippen LogP contribution in [0.15, 0.2) is 4.99 Å². The van der Waals surface area contributed by atoms with E-state index in [0.29, 0.717) is 13.0 Å². The van der Waals surface area contributed by atoms with Crippen LogP contribution in [0.25, 0.3) is 0 Å². The number of nitrogens with zero attached hydrogens (tertiary/aromatic N) is 3. The molecule has 0 aromatic heterocycles. The van der Waals surface area contributed by atoms with Crippen molar-refractivity contribution in [3.8, 4) is 0 Å². The monoisotopic (exact) mass is 363 g/mol. The Labute approximate surface area is 156 Å². The smallest absolute Gasteiger partial charge is 0.230 e. The van der Waals surface area contributed by atoms with Crippen LogP contribution in [0.4, 0.5) is 0 Å². The van der Waals surface area contributed by atoms with Gasteiger partial charge in [-0.05, 0) is 25.7 Å². The third-order valence-corrected chi connectivity index (χ3v) is 6.37. The molecule has 2 aliphatic heterocycles. The van der Waals surface area contributed by atoms with Crippen molar-refractivity contribution in [2.24, 2.45) is 15.8 Å². The highest BCUT2D eigenvalue weighted by Crippen LogP contribution is 2.39. The summed E-state index contributed by atoms with van der Waals surface area (Å²) in [5, 5.41) is 6.49. The molecule has 146 valence electrons. The Morgan fingerprint density at radius 3 is 2.58 bits per heavy atom. The molecule has 1 unspecified atom stereocenters. The summed E-state index contributed by atoms with van der Waals surface area (Å²) in [6.07, 6.45) is 6.87. The van der Waals surface area contributed by atoms with Gasteiger partial charge in [-0.15, -0.1) is 0 Å². The molecule has 2 heterocycles. The van der Waals surface area contributed by atoms with E-state index in [1.54, 1.807) is 11.9 Å². The van der Waals surface area contributed by atoms with Crippen LogP contribution in [0.3, 0.4) is 0 Å². The van der Waals surface area contributed by atoms with E-state index in [-0.39, 0.29) is 22.6 Å². The van der Waals surface area contributed by atoms with E-state index in [0.717, 1.165) is 64.1 Å². The molecule has 0 bridgehead atoms. The fourth-order valence-corrected chi connectivity index (χ4v) is 5.00. The lowest BCUT2D eigenvalue weighted by Crippen LogP contribution is -2.54. The van der Waals surface area contributed by atoms with Crippen molar-refractivity contribution in [3.63, 3.8) is 0 Å². The molecule has 0 aromatic carbocycles. The second-order valence-electron chi connectivity index (χ2n) is 8.57. The Hall–Kier alpha value is -1.79. The first kappa shape index (κ1) is 19.0. The van der Waals surface area contributed by atoms with Gasteiger partial charge in [0.1, 0.15) is 0 Å². The largest absolute Gasteiger partial charge is 0.355 e. The van der Waals surface area contributed by atoms with Crippen LogP contribution in [0.2, 0.25) is 0 Å². The van der Waals surface area contributed by atoms with E-state index in [2.05, 4.69) is 20.5 Å². The van der Waals surface area contributed by atoms with Gasteiger partial charge in [-0.2, -0.15) is 0 Å². The lowest BCUT2D eigenvalue weighted by Gasteiger charge is -2.41. The van der Waals surface area contributed by atoms with Crippen molar-refractivity contribution in [1.82, 2.24) is 20.4 Å². The third kappa shape index (κ3) is 3.67. The maximum atomic E-state index is 12.8. The highest BCUT2D eigenvalue weighted by Gasteiger charge is 2.44. The van der Waals surface area contributed by atoms with E-state index in [4.69, 9.17) is 0 Å². The molecule has 0 radical (unpaired) electrons. The third-order valence-electron chi connectivity index (χ3n) is 6.37. The maximum Gasteiger partial charge on any atom is 0.230 e. The second kappa shape index (κ2) is 7.45. The molecule has 1 spiro atoms. The van der Waals surface area contributed by atoms with E-state index in [1.165, 1.54) is 0 Å². The molecular weight excluding hydrogens is 330 g/mol. The van der Waals surface area contributed by atoms with Crippen LogP contribution in [0, 0.1) is 10.8 Å². The van der Waals surface area contributed by atoms with Gasteiger partial charge in [0.25, 0.3) is 0 Å². The molecule has 1 atom stereocenters. The number of carbonyl (C=O) groups excluding carboxylic acids is 2. The number of rotatable bonds is 3. The van der Waals surface area contributed by atoms with Crippen molar-refractivity contribution in [2.45, 2.75) is 44.9 Å². The van der Waals surface area contributed by atoms with Gasteiger partial charge < -0.3 is 20.4 Å². The zero-order valence-electron chi connectivity index (χ0n) is 16.4.